The van der Waals surface area contributed by atoms with Gasteiger partial charge < -0.3 is 10.7 Å². The number of hydrogen-bond donors (Lipinski definition) is 3. The van der Waals surface area contributed by atoms with E-state index in [1.54, 1.807) is 17.4 Å². The fourth-order valence-electron chi connectivity index (χ4n) is 1.48. The molecule has 0 spiro atoms. The van der Waals surface area contributed by atoms with E-state index in [9.17, 15) is 0 Å². The lowest BCUT2D eigenvalue weighted by atomic mass is 10.3. The molecule has 102 valence electrons. The summed E-state index contributed by atoms with van der Waals surface area (Å²) in [4.78, 5) is 9.92. The third-order valence-corrected chi connectivity index (χ3v) is 4.57. The zero-order chi connectivity index (χ0) is 13.7. The number of hydrazine groups is 1. The number of nitrogens with one attached hydrogen (secondary N) is 2. The van der Waals surface area contributed by atoms with Gasteiger partial charge in [-0.2, -0.15) is 0 Å². The highest BCUT2D eigenvalue weighted by Crippen LogP contribution is 2.22. The Morgan fingerprint density at radius 1 is 1.37 bits per heavy atom. The second-order valence-corrected chi connectivity index (χ2v) is 6.97. The molecule has 2 aromatic heterocycles. The second kappa shape index (κ2) is 7.09. The Bertz CT molecular complexity index is 523. The molecular formula is C11H14BrN5S2. The van der Waals surface area contributed by atoms with Gasteiger partial charge in [0.15, 0.2) is 5.16 Å². The molecule has 2 rings (SSSR count). The summed E-state index contributed by atoms with van der Waals surface area (Å²) in [6.45, 7) is 0.821. The number of halogens is 1. The van der Waals surface area contributed by atoms with E-state index in [0.717, 1.165) is 22.6 Å². The maximum atomic E-state index is 5.38. The van der Waals surface area contributed by atoms with Crippen LogP contribution in [0.15, 0.2) is 27.1 Å². The van der Waals surface area contributed by atoms with Crippen molar-refractivity contribution in [2.45, 2.75) is 11.6 Å². The van der Waals surface area contributed by atoms with Crippen molar-refractivity contribution in [2.75, 3.05) is 23.5 Å². The minimum Gasteiger partial charge on any atom is -0.370 e. The van der Waals surface area contributed by atoms with Gasteiger partial charge in [-0.1, -0.05) is 11.8 Å². The van der Waals surface area contributed by atoms with Gasteiger partial charge >= 0.3 is 0 Å². The third kappa shape index (κ3) is 4.34. The number of nitrogen functional groups attached to an aromatic ring is 1. The van der Waals surface area contributed by atoms with Gasteiger partial charge in [0.05, 0.1) is 3.79 Å². The molecule has 8 heteroatoms. The molecule has 0 aliphatic carbocycles. The number of anilines is 2. The van der Waals surface area contributed by atoms with Crippen LogP contribution in [0.25, 0.3) is 0 Å². The van der Waals surface area contributed by atoms with E-state index in [2.05, 4.69) is 48.8 Å². The van der Waals surface area contributed by atoms with Crippen LogP contribution in [0.5, 0.6) is 0 Å². The topological polar surface area (TPSA) is 75.9 Å². The Hall–Kier alpha value is -0.830. The van der Waals surface area contributed by atoms with Gasteiger partial charge in [0, 0.05) is 17.5 Å². The van der Waals surface area contributed by atoms with Crippen LogP contribution < -0.4 is 16.6 Å². The Labute approximate surface area is 128 Å². The van der Waals surface area contributed by atoms with E-state index in [1.165, 1.54) is 16.6 Å². The molecule has 0 aliphatic heterocycles. The average Bonchev–Trinajstić information content (AvgIpc) is 2.84. The lowest BCUT2D eigenvalue weighted by Crippen LogP contribution is -2.12. The number of nitrogens with zero attached hydrogens (tertiary/aromatic N) is 2. The summed E-state index contributed by atoms with van der Waals surface area (Å²) in [7, 11) is 0. The molecule has 0 aliphatic rings. The first-order chi connectivity index (χ1) is 9.21. The van der Waals surface area contributed by atoms with Gasteiger partial charge in [-0.25, -0.2) is 15.8 Å². The molecule has 19 heavy (non-hydrogen) atoms. The van der Waals surface area contributed by atoms with Gasteiger partial charge in [-0.3, -0.25) is 0 Å². The maximum absolute atomic E-state index is 5.38. The molecule has 0 amide bonds. The third-order valence-electron chi connectivity index (χ3n) is 2.34. The van der Waals surface area contributed by atoms with Gasteiger partial charge in [-0.05, 0) is 40.7 Å². The number of aromatic nitrogens is 2. The van der Waals surface area contributed by atoms with Crippen molar-refractivity contribution in [2.24, 2.45) is 5.84 Å². The monoisotopic (exact) mass is 359 g/mol. The molecule has 0 atom stereocenters. The predicted octanol–water partition coefficient (Wildman–Crippen LogP) is 2.96. The SMILES string of the molecule is CSc1nc(NN)cc(NCCc2ccc(Br)s2)n1. The minimum atomic E-state index is 0.612. The van der Waals surface area contributed by atoms with E-state index in [0.29, 0.717) is 11.0 Å². The average molecular weight is 360 g/mol. The summed E-state index contributed by atoms with van der Waals surface area (Å²) in [5.74, 6) is 6.78. The number of rotatable bonds is 6. The van der Waals surface area contributed by atoms with Crippen LogP contribution in [-0.4, -0.2) is 22.8 Å². The van der Waals surface area contributed by atoms with Crippen LogP contribution in [0.3, 0.4) is 0 Å². The fraction of sp³-hybridized carbons (Fsp3) is 0.273. The zero-order valence-electron chi connectivity index (χ0n) is 10.3. The van der Waals surface area contributed by atoms with Crippen molar-refractivity contribution >= 4 is 50.7 Å². The molecule has 2 aromatic rings. The van der Waals surface area contributed by atoms with Crippen LogP contribution in [0.4, 0.5) is 11.6 Å². The Morgan fingerprint density at radius 2 is 2.16 bits per heavy atom. The molecule has 2 heterocycles. The van der Waals surface area contributed by atoms with Crippen LogP contribution in [-0.2, 0) is 6.42 Å². The molecule has 0 saturated carbocycles. The minimum absolute atomic E-state index is 0.612. The van der Waals surface area contributed by atoms with Crippen molar-refractivity contribution in [1.29, 1.82) is 0 Å². The number of hydrogen-bond acceptors (Lipinski definition) is 7. The normalized spacial score (nSPS) is 10.5. The summed E-state index contributed by atoms with van der Waals surface area (Å²) in [6.07, 6.45) is 2.89. The highest BCUT2D eigenvalue weighted by molar-refractivity contribution is 9.11. The molecule has 0 saturated heterocycles. The smallest absolute Gasteiger partial charge is 0.191 e. The molecule has 0 unspecified atom stereocenters. The molecule has 0 fully saturated rings. The first kappa shape index (κ1) is 14.6. The van der Waals surface area contributed by atoms with Crippen LogP contribution >= 0.6 is 39.0 Å². The Kier molecular flexibility index (Phi) is 5.44. The quantitative estimate of drug-likeness (QED) is 0.318. The lowest BCUT2D eigenvalue weighted by Gasteiger charge is -2.08. The van der Waals surface area contributed by atoms with E-state index in [-0.39, 0.29) is 0 Å². The zero-order valence-corrected chi connectivity index (χ0v) is 13.5. The van der Waals surface area contributed by atoms with Crippen molar-refractivity contribution in [3.8, 4) is 0 Å². The second-order valence-electron chi connectivity index (χ2n) is 3.65. The molecular weight excluding hydrogens is 346 g/mol. The van der Waals surface area contributed by atoms with Crippen molar-refractivity contribution in [3.05, 3.63) is 26.9 Å². The summed E-state index contributed by atoms with van der Waals surface area (Å²) < 4.78 is 1.16. The lowest BCUT2D eigenvalue weighted by molar-refractivity contribution is 0.943. The number of thiophene rings is 1. The van der Waals surface area contributed by atoms with Crippen LogP contribution in [0.1, 0.15) is 4.88 Å². The highest BCUT2D eigenvalue weighted by atomic mass is 79.9. The summed E-state index contributed by atoms with van der Waals surface area (Å²) >= 11 is 6.69. The van der Waals surface area contributed by atoms with E-state index in [4.69, 9.17) is 5.84 Å². The van der Waals surface area contributed by atoms with Crippen molar-refractivity contribution < 1.29 is 0 Å². The summed E-state index contributed by atoms with van der Waals surface area (Å²) in [6, 6.07) is 5.98. The fourth-order valence-corrected chi connectivity index (χ4v) is 3.34. The van der Waals surface area contributed by atoms with Crippen LogP contribution in [0.2, 0.25) is 0 Å². The molecule has 0 bridgehead atoms. The Morgan fingerprint density at radius 3 is 2.79 bits per heavy atom. The largest absolute Gasteiger partial charge is 0.370 e. The van der Waals surface area contributed by atoms with E-state index in [1.807, 2.05) is 6.26 Å². The van der Waals surface area contributed by atoms with Crippen LogP contribution in [0, 0.1) is 0 Å². The van der Waals surface area contributed by atoms with Gasteiger partial charge in [-0.15, -0.1) is 11.3 Å². The van der Waals surface area contributed by atoms with E-state index >= 15 is 0 Å². The van der Waals surface area contributed by atoms with Gasteiger partial charge in [0.25, 0.3) is 0 Å². The molecule has 4 N–H and O–H groups in total. The molecule has 5 nitrogen and oxygen atoms in total. The standard InChI is InChI=1S/C11H14BrN5S2/c1-18-11-15-9(6-10(16-11)17-13)14-5-4-7-2-3-8(12)19-7/h2-3,6H,4-5,13H2,1H3,(H2,14,15,16,17). The van der Waals surface area contributed by atoms with Gasteiger partial charge in [0.2, 0.25) is 0 Å². The predicted molar refractivity (Wildman–Crippen MR) is 85.8 cm³/mol. The highest BCUT2D eigenvalue weighted by Gasteiger charge is 2.03. The van der Waals surface area contributed by atoms with Crippen molar-refractivity contribution in [1.82, 2.24) is 9.97 Å². The summed E-state index contributed by atoms with van der Waals surface area (Å²) in [5, 5.41) is 3.97. The first-order valence-corrected chi connectivity index (χ1v) is 8.42. The molecule has 0 radical (unpaired) electrons. The van der Waals surface area contributed by atoms with E-state index < -0.39 is 0 Å². The molecule has 0 aromatic carbocycles. The maximum Gasteiger partial charge on any atom is 0.191 e. The number of nitrogens with two attached hydrogens (primary N) is 1. The number of thioether (sulfide) groups is 1. The first-order valence-electron chi connectivity index (χ1n) is 5.59. The summed E-state index contributed by atoms with van der Waals surface area (Å²) in [5.41, 5.74) is 2.54. The Balaban J connectivity index is 1.95. The van der Waals surface area contributed by atoms with Crippen molar-refractivity contribution in [3.63, 3.8) is 0 Å². The van der Waals surface area contributed by atoms with Gasteiger partial charge in [0.1, 0.15) is 11.6 Å².